The number of hydrogen-bond donors (Lipinski definition) is 2. The molecule has 0 spiro atoms. The zero-order valence-electron chi connectivity index (χ0n) is 15.8. The molecule has 1 aliphatic heterocycles. The average Bonchev–Trinajstić information content (AvgIpc) is 2.67. The Hall–Kier alpha value is -2.46. The lowest BCUT2D eigenvalue weighted by Crippen LogP contribution is -2.63. The van der Waals surface area contributed by atoms with E-state index < -0.39 is 35.8 Å². The second-order valence-electron chi connectivity index (χ2n) is 6.59. The molecule has 2 N–H and O–H groups in total. The largest absolute Gasteiger partial charge is 0.497 e. The van der Waals surface area contributed by atoms with E-state index in [1.54, 1.807) is 31.4 Å². The predicted molar refractivity (Wildman–Crippen MR) is 99.5 cm³/mol. The molecule has 1 aromatic carbocycles. The van der Waals surface area contributed by atoms with Crippen LogP contribution >= 0.6 is 0 Å². The quantitative estimate of drug-likeness (QED) is 0.623. The average molecular weight is 392 g/mol. The van der Waals surface area contributed by atoms with Crippen LogP contribution in [-0.2, 0) is 21.7 Å². The minimum Gasteiger partial charge on any atom is -0.497 e. The fourth-order valence-corrected chi connectivity index (χ4v) is 3.33. The third kappa shape index (κ3) is 3.49. The van der Waals surface area contributed by atoms with Crippen molar-refractivity contribution in [2.24, 2.45) is 0 Å². The number of rotatable bonds is 8. The normalized spacial score (nSPS) is 21.0. The highest BCUT2D eigenvalue weighted by atomic mass is 16.6. The molecule has 0 radical (unpaired) electrons. The number of hydrogen-bond acceptors (Lipinski definition) is 7. The Balaban J connectivity index is 2.00. The van der Waals surface area contributed by atoms with Crippen molar-refractivity contribution in [3.8, 4) is 5.75 Å². The van der Waals surface area contributed by atoms with Gasteiger partial charge in [-0.3, -0.25) is 13.9 Å². The van der Waals surface area contributed by atoms with Crippen LogP contribution in [0.15, 0.2) is 46.1 Å². The van der Waals surface area contributed by atoms with Crippen LogP contribution in [0.5, 0.6) is 5.75 Å². The first-order valence-electron chi connectivity index (χ1n) is 8.88. The number of ether oxygens (including phenoxy) is 3. The monoisotopic (exact) mass is 392 g/mol. The highest BCUT2D eigenvalue weighted by molar-refractivity contribution is 5.27. The first kappa shape index (κ1) is 20.3. The Morgan fingerprint density at radius 2 is 1.89 bits per heavy atom. The van der Waals surface area contributed by atoms with Crippen molar-refractivity contribution in [3.63, 3.8) is 0 Å². The first-order chi connectivity index (χ1) is 13.5. The fraction of sp³-hybridized carbons (Fsp3) is 0.474. The molecule has 3 atom stereocenters. The van der Waals surface area contributed by atoms with Gasteiger partial charge in [0.15, 0.2) is 5.72 Å². The molecule has 1 aromatic heterocycles. The lowest BCUT2D eigenvalue weighted by molar-refractivity contribution is -0.282. The number of aromatic nitrogens is 2. The summed E-state index contributed by atoms with van der Waals surface area (Å²) in [6.45, 7) is -0.0473. The Kier molecular flexibility index (Phi) is 5.99. The van der Waals surface area contributed by atoms with Gasteiger partial charge in [-0.25, -0.2) is 4.79 Å². The second kappa shape index (κ2) is 8.27. The molecule has 152 valence electrons. The van der Waals surface area contributed by atoms with Crippen LogP contribution < -0.4 is 16.0 Å². The van der Waals surface area contributed by atoms with Gasteiger partial charge in [0.2, 0.25) is 0 Å². The molecule has 9 heteroatoms. The summed E-state index contributed by atoms with van der Waals surface area (Å²) in [5.41, 5.74) is -1.73. The van der Waals surface area contributed by atoms with Crippen molar-refractivity contribution in [2.45, 2.75) is 30.9 Å². The fourth-order valence-electron chi connectivity index (χ4n) is 3.33. The van der Waals surface area contributed by atoms with E-state index in [-0.39, 0.29) is 6.54 Å². The van der Waals surface area contributed by atoms with E-state index in [1.165, 1.54) is 23.9 Å². The third-order valence-corrected chi connectivity index (χ3v) is 5.09. The summed E-state index contributed by atoms with van der Waals surface area (Å²) < 4.78 is 18.1. The summed E-state index contributed by atoms with van der Waals surface area (Å²) in [6.07, 6.45) is -0.578. The van der Waals surface area contributed by atoms with E-state index in [0.717, 1.165) is 10.1 Å². The highest BCUT2D eigenvalue weighted by Gasteiger charge is 2.51. The zero-order valence-corrected chi connectivity index (χ0v) is 15.8. The van der Waals surface area contributed by atoms with Crippen molar-refractivity contribution in [1.29, 1.82) is 0 Å². The first-order valence-corrected chi connectivity index (χ1v) is 8.88. The molecule has 0 bridgehead atoms. The number of aliphatic hydroxyl groups excluding tert-OH is 2. The summed E-state index contributed by atoms with van der Waals surface area (Å²) in [6, 6.07) is 8.26. The van der Waals surface area contributed by atoms with Crippen LogP contribution in [0.1, 0.15) is 12.0 Å². The summed E-state index contributed by atoms with van der Waals surface area (Å²) in [5, 5.41) is 20.1. The van der Waals surface area contributed by atoms with Crippen molar-refractivity contribution in [2.75, 3.05) is 27.4 Å². The van der Waals surface area contributed by atoms with Crippen LogP contribution in [0.4, 0.5) is 0 Å². The molecule has 0 saturated carbocycles. The Labute approximate surface area is 161 Å². The van der Waals surface area contributed by atoms with Gasteiger partial charge in [0.1, 0.15) is 18.0 Å². The van der Waals surface area contributed by atoms with Gasteiger partial charge < -0.3 is 24.4 Å². The SMILES string of the molecule is COc1ccc(Cn2c(=O)ccn([C@]3([C@H](O)[C@@H](CO)OC)CCO3)c2=O)cc1. The number of nitrogens with zero attached hydrogens (tertiary/aromatic N) is 2. The van der Waals surface area contributed by atoms with Crippen molar-refractivity contribution in [3.05, 3.63) is 62.9 Å². The molecule has 2 heterocycles. The molecule has 1 aliphatic rings. The lowest BCUT2D eigenvalue weighted by atomic mass is 9.93. The smallest absolute Gasteiger partial charge is 0.333 e. The number of benzene rings is 1. The van der Waals surface area contributed by atoms with E-state index >= 15 is 0 Å². The summed E-state index contributed by atoms with van der Waals surface area (Å²) in [7, 11) is 2.91. The molecule has 0 aliphatic carbocycles. The van der Waals surface area contributed by atoms with E-state index in [4.69, 9.17) is 14.2 Å². The van der Waals surface area contributed by atoms with Crippen LogP contribution in [0.25, 0.3) is 0 Å². The van der Waals surface area contributed by atoms with E-state index in [0.29, 0.717) is 18.8 Å². The molecule has 3 rings (SSSR count). The van der Waals surface area contributed by atoms with Crippen molar-refractivity contribution < 1.29 is 24.4 Å². The molecule has 2 aromatic rings. The van der Waals surface area contributed by atoms with Gasteiger partial charge in [-0.1, -0.05) is 12.1 Å². The van der Waals surface area contributed by atoms with Gasteiger partial charge in [-0.15, -0.1) is 0 Å². The van der Waals surface area contributed by atoms with Crippen LogP contribution in [-0.4, -0.2) is 59.0 Å². The standard InChI is InChI=1S/C19H24N2O7/c1-26-14-5-3-13(4-6-14)11-20-16(23)7-9-21(18(20)25)19(8-10-28-19)17(24)15(12-22)27-2/h3-7,9,15,17,22,24H,8,10-12H2,1-2H3/t15-,17-,19-/m1/s1. The predicted octanol–water partition coefficient (Wildman–Crippen LogP) is -0.492. The molecule has 0 amide bonds. The van der Waals surface area contributed by atoms with Gasteiger partial charge in [-0.05, 0) is 17.7 Å². The zero-order chi connectivity index (χ0) is 20.3. The summed E-state index contributed by atoms with van der Waals surface area (Å²) >= 11 is 0. The maximum Gasteiger partial charge on any atom is 0.333 e. The van der Waals surface area contributed by atoms with Gasteiger partial charge in [-0.2, -0.15) is 0 Å². The lowest BCUT2D eigenvalue weighted by Gasteiger charge is -2.47. The van der Waals surface area contributed by atoms with Crippen LogP contribution in [0, 0.1) is 0 Å². The van der Waals surface area contributed by atoms with E-state index in [9.17, 15) is 19.8 Å². The highest BCUT2D eigenvalue weighted by Crippen LogP contribution is 2.36. The van der Waals surface area contributed by atoms with Crippen LogP contribution in [0.3, 0.4) is 0 Å². The molecule has 0 unspecified atom stereocenters. The Bertz CT molecular complexity index is 911. The Morgan fingerprint density at radius 1 is 1.21 bits per heavy atom. The van der Waals surface area contributed by atoms with E-state index in [1.807, 2.05) is 0 Å². The topological polar surface area (TPSA) is 112 Å². The second-order valence-corrected chi connectivity index (χ2v) is 6.59. The number of methoxy groups -OCH3 is 2. The Morgan fingerprint density at radius 3 is 2.39 bits per heavy atom. The molecule has 1 fully saturated rings. The maximum absolute atomic E-state index is 13.1. The van der Waals surface area contributed by atoms with Gasteiger partial charge in [0.25, 0.3) is 5.56 Å². The minimum absolute atomic E-state index is 0.0579. The van der Waals surface area contributed by atoms with Crippen LogP contribution in [0.2, 0.25) is 0 Å². The summed E-state index contributed by atoms with van der Waals surface area (Å²) in [4.78, 5) is 25.4. The molecule has 28 heavy (non-hydrogen) atoms. The molecule has 1 saturated heterocycles. The van der Waals surface area contributed by atoms with Gasteiger partial charge in [0, 0.05) is 25.8 Å². The molecular weight excluding hydrogens is 368 g/mol. The maximum atomic E-state index is 13.1. The van der Waals surface area contributed by atoms with E-state index in [2.05, 4.69) is 0 Å². The third-order valence-electron chi connectivity index (χ3n) is 5.09. The number of aliphatic hydroxyl groups is 2. The van der Waals surface area contributed by atoms with Gasteiger partial charge >= 0.3 is 5.69 Å². The minimum atomic E-state index is -1.39. The summed E-state index contributed by atoms with van der Waals surface area (Å²) in [5.74, 6) is 0.668. The van der Waals surface area contributed by atoms with Crippen molar-refractivity contribution in [1.82, 2.24) is 9.13 Å². The van der Waals surface area contributed by atoms with Gasteiger partial charge in [0.05, 0.1) is 26.9 Å². The molecule has 9 nitrogen and oxygen atoms in total. The van der Waals surface area contributed by atoms with Crippen molar-refractivity contribution >= 4 is 0 Å². The molecular formula is C19H24N2O7.